The molecular formula is C16H17Cl2NO3S. The molecule has 4 nitrogen and oxygen atoms in total. The first-order chi connectivity index (χ1) is 10.8. The molecule has 124 valence electrons. The van der Waals surface area contributed by atoms with E-state index in [1.165, 1.54) is 23.5 Å². The molecule has 0 spiro atoms. The second kappa shape index (κ2) is 7.53. The Bertz CT molecular complexity index is 756. The second-order valence-electron chi connectivity index (χ2n) is 5.04. The van der Waals surface area contributed by atoms with Crippen LogP contribution in [0.5, 0.6) is 5.75 Å². The van der Waals surface area contributed by atoms with E-state index in [0.29, 0.717) is 5.75 Å². The quantitative estimate of drug-likeness (QED) is 0.768. The van der Waals surface area contributed by atoms with Gasteiger partial charge in [-0.2, -0.15) is 4.31 Å². The summed E-state index contributed by atoms with van der Waals surface area (Å²) in [6.45, 7) is 2.39. The molecule has 2 aromatic carbocycles. The topological polar surface area (TPSA) is 46.6 Å². The van der Waals surface area contributed by atoms with E-state index in [1.54, 1.807) is 6.07 Å². The van der Waals surface area contributed by atoms with Crippen LogP contribution in [0.15, 0.2) is 47.4 Å². The molecule has 2 aromatic rings. The minimum atomic E-state index is -3.77. The molecule has 0 aliphatic carbocycles. The Hall–Kier alpha value is -1.27. The van der Waals surface area contributed by atoms with Gasteiger partial charge in [-0.25, -0.2) is 8.42 Å². The van der Waals surface area contributed by atoms with Crippen LogP contribution in [0.3, 0.4) is 0 Å². The van der Waals surface area contributed by atoms with Crippen LogP contribution in [0.2, 0.25) is 10.0 Å². The Balaban J connectivity index is 2.04. The van der Waals surface area contributed by atoms with E-state index in [-0.39, 0.29) is 28.1 Å². The summed E-state index contributed by atoms with van der Waals surface area (Å²) in [5, 5.41) is 0.201. The molecule has 23 heavy (non-hydrogen) atoms. The van der Waals surface area contributed by atoms with Crippen molar-refractivity contribution in [1.29, 1.82) is 0 Å². The van der Waals surface area contributed by atoms with Gasteiger partial charge in [0.1, 0.15) is 17.3 Å². The van der Waals surface area contributed by atoms with Crippen molar-refractivity contribution in [3.63, 3.8) is 0 Å². The summed E-state index contributed by atoms with van der Waals surface area (Å²) in [6.07, 6.45) is 0. The van der Waals surface area contributed by atoms with Gasteiger partial charge in [-0.3, -0.25) is 0 Å². The van der Waals surface area contributed by atoms with E-state index in [0.717, 1.165) is 5.56 Å². The van der Waals surface area contributed by atoms with Gasteiger partial charge < -0.3 is 4.74 Å². The summed E-state index contributed by atoms with van der Waals surface area (Å²) in [4.78, 5) is -0.0823. The number of likely N-dealkylation sites (N-methyl/N-ethyl adjacent to an activating group) is 1. The van der Waals surface area contributed by atoms with Crippen molar-refractivity contribution in [3.8, 4) is 5.75 Å². The molecule has 0 unspecified atom stereocenters. The highest BCUT2D eigenvalue weighted by Crippen LogP contribution is 2.30. The molecule has 7 heteroatoms. The normalized spacial score (nSPS) is 11.7. The molecule has 0 atom stereocenters. The predicted molar refractivity (Wildman–Crippen MR) is 93.0 cm³/mol. The van der Waals surface area contributed by atoms with Crippen LogP contribution in [-0.4, -0.2) is 32.9 Å². The number of hydrogen-bond donors (Lipinski definition) is 0. The first-order valence-electron chi connectivity index (χ1n) is 6.92. The lowest BCUT2D eigenvalue weighted by Crippen LogP contribution is -2.31. The van der Waals surface area contributed by atoms with Crippen molar-refractivity contribution in [2.24, 2.45) is 0 Å². The molecule has 0 N–H and O–H groups in total. The van der Waals surface area contributed by atoms with Crippen molar-refractivity contribution in [1.82, 2.24) is 4.31 Å². The Kier molecular flexibility index (Phi) is 5.92. The van der Waals surface area contributed by atoms with Crippen molar-refractivity contribution < 1.29 is 13.2 Å². The summed E-state index contributed by atoms with van der Waals surface area (Å²) < 4.78 is 31.9. The highest BCUT2D eigenvalue weighted by molar-refractivity contribution is 7.89. The number of nitrogens with zero attached hydrogens (tertiary/aromatic N) is 1. The smallest absolute Gasteiger partial charge is 0.245 e. The summed E-state index contributed by atoms with van der Waals surface area (Å²) >= 11 is 12.0. The third kappa shape index (κ3) is 4.38. The third-order valence-corrected chi connectivity index (χ3v) is 6.10. The van der Waals surface area contributed by atoms with Gasteiger partial charge in [0.15, 0.2) is 0 Å². The Morgan fingerprint density at radius 1 is 1.04 bits per heavy atom. The van der Waals surface area contributed by atoms with Gasteiger partial charge in [0.25, 0.3) is 0 Å². The zero-order chi connectivity index (χ0) is 17.0. The fraction of sp³-hybridized carbons (Fsp3) is 0.250. The molecule has 0 aromatic heterocycles. The lowest BCUT2D eigenvalue weighted by atomic mass is 10.2. The van der Waals surface area contributed by atoms with Crippen molar-refractivity contribution in [2.75, 3.05) is 20.2 Å². The minimum absolute atomic E-state index is 0.0823. The fourth-order valence-corrected chi connectivity index (χ4v) is 4.17. The third-order valence-electron chi connectivity index (χ3n) is 3.28. The Morgan fingerprint density at radius 2 is 1.61 bits per heavy atom. The maximum absolute atomic E-state index is 12.6. The van der Waals surface area contributed by atoms with Gasteiger partial charge >= 0.3 is 0 Å². The minimum Gasteiger partial charge on any atom is -0.492 e. The molecule has 2 rings (SSSR count). The molecule has 0 aliphatic rings. The van der Waals surface area contributed by atoms with Gasteiger partial charge in [0.2, 0.25) is 10.0 Å². The average molecular weight is 374 g/mol. The average Bonchev–Trinajstić information content (AvgIpc) is 2.48. The molecule has 0 amide bonds. The summed E-state index contributed by atoms with van der Waals surface area (Å²) in [5.74, 6) is 0.692. The molecule has 0 aliphatic heterocycles. The van der Waals surface area contributed by atoms with E-state index in [9.17, 15) is 8.42 Å². The Morgan fingerprint density at radius 3 is 2.17 bits per heavy atom. The largest absolute Gasteiger partial charge is 0.492 e. The molecule has 0 heterocycles. The van der Waals surface area contributed by atoms with Gasteiger partial charge in [0.05, 0.1) is 10.0 Å². The lowest BCUT2D eigenvalue weighted by Gasteiger charge is -2.19. The summed E-state index contributed by atoms with van der Waals surface area (Å²) in [5.41, 5.74) is 1.13. The SMILES string of the molecule is Cc1ccc(OCCN(C)S(=O)(=O)c2c(Cl)cccc2Cl)cc1. The van der Waals surface area contributed by atoms with Gasteiger partial charge in [-0.05, 0) is 31.2 Å². The summed E-state index contributed by atoms with van der Waals surface area (Å²) in [7, 11) is -2.31. The van der Waals surface area contributed by atoms with Crippen molar-refractivity contribution >= 4 is 33.2 Å². The van der Waals surface area contributed by atoms with Gasteiger partial charge in [-0.1, -0.05) is 47.0 Å². The number of halogens is 2. The number of aryl methyl sites for hydroxylation is 1. The van der Waals surface area contributed by atoms with Gasteiger partial charge in [-0.15, -0.1) is 0 Å². The number of rotatable bonds is 6. The zero-order valence-corrected chi connectivity index (χ0v) is 15.1. The maximum atomic E-state index is 12.6. The number of ether oxygens (including phenoxy) is 1. The van der Waals surface area contributed by atoms with E-state index < -0.39 is 10.0 Å². The zero-order valence-electron chi connectivity index (χ0n) is 12.8. The Labute approximate surface area is 146 Å². The van der Waals surface area contributed by atoms with Crippen LogP contribution < -0.4 is 4.74 Å². The number of sulfonamides is 1. The summed E-state index contributed by atoms with van der Waals surface area (Å²) in [6, 6.07) is 12.1. The van der Waals surface area contributed by atoms with Crippen LogP contribution in [-0.2, 0) is 10.0 Å². The fourth-order valence-electron chi connectivity index (χ4n) is 1.93. The first kappa shape index (κ1) is 18.1. The van der Waals surface area contributed by atoms with Crippen molar-refractivity contribution in [2.45, 2.75) is 11.8 Å². The highest BCUT2D eigenvalue weighted by Gasteiger charge is 2.26. The monoisotopic (exact) mass is 373 g/mol. The van der Waals surface area contributed by atoms with Crippen LogP contribution in [0.25, 0.3) is 0 Å². The second-order valence-corrected chi connectivity index (χ2v) is 7.84. The predicted octanol–water partition coefficient (Wildman–Crippen LogP) is 4.00. The van der Waals surface area contributed by atoms with Crippen LogP contribution in [0.4, 0.5) is 0 Å². The number of benzene rings is 2. The van der Waals surface area contributed by atoms with Crippen LogP contribution in [0, 0.1) is 6.92 Å². The first-order valence-corrected chi connectivity index (χ1v) is 9.12. The van der Waals surface area contributed by atoms with Crippen LogP contribution >= 0.6 is 23.2 Å². The molecule has 0 radical (unpaired) electrons. The molecule has 0 fully saturated rings. The standard InChI is InChI=1S/C16H17Cl2NO3S/c1-12-6-8-13(9-7-12)22-11-10-19(2)23(20,21)16-14(17)4-3-5-15(16)18/h3-9H,10-11H2,1-2H3. The van der Waals surface area contributed by atoms with Crippen molar-refractivity contribution in [3.05, 3.63) is 58.1 Å². The number of hydrogen-bond acceptors (Lipinski definition) is 3. The van der Waals surface area contributed by atoms with E-state index in [4.69, 9.17) is 27.9 Å². The van der Waals surface area contributed by atoms with Gasteiger partial charge in [0, 0.05) is 13.6 Å². The van der Waals surface area contributed by atoms with E-state index >= 15 is 0 Å². The lowest BCUT2D eigenvalue weighted by molar-refractivity contribution is 0.287. The molecular weight excluding hydrogens is 357 g/mol. The van der Waals surface area contributed by atoms with E-state index in [1.807, 2.05) is 31.2 Å². The van der Waals surface area contributed by atoms with Crippen LogP contribution in [0.1, 0.15) is 5.56 Å². The molecule has 0 saturated carbocycles. The molecule has 0 saturated heterocycles. The van der Waals surface area contributed by atoms with E-state index in [2.05, 4.69) is 0 Å². The maximum Gasteiger partial charge on any atom is 0.245 e. The molecule has 0 bridgehead atoms. The highest BCUT2D eigenvalue weighted by atomic mass is 35.5.